The van der Waals surface area contributed by atoms with E-state index in [2.05, 4.69) is 9.97 Å². The van der Waals surface area contributed by atoms with E-state index in [4.69, 9.17) is 4.74 Å². The first-order valence-corrected chi connectivity index (χ1v) is 12.0. The quantitative estimate of drug-likeness (QED) is 0.542. The number of aromatic nitrogens is 3. The summed E-state index contributed by atoms with van der Waals surface area (Å²) in [4.78, 5) is 47.1. The Balaban J connectivity index is 1.38. The number of anilines is 1. The molecule has 3 aromatic rings. The van der Waals surface area contributed by atoms with Crippen molar-refractivity contribution in [3.63, 3.8) is 0 Å². The van der Waals surface area contributed by atoms with Gasteiger partial charge in [0, 0.05) is 50.5 Å². The fourth-order valence-corrected chi connectivity index (χ4v) is 5.13. The van der Waals surface area contributed by atoms with E-state index in [1.165, 1.54) is 15.9 Å². The van der Waals surface area contributed by atoms with Gasteiger partial charge in [0.25, 0.3) is 0 Å². The lowest BCUT2D eigenvalue weighted by Gasteiger charge is -2.39. The molecular weight excluding hydrogens is 463 g/mol. The number of carboxylic acids is 1. The molecule has 5 heterocycles. The van der Waals surface area contributed by atoms with Crippen LogP contribution in [0.25, 0.3) is 16.2 Å². The highest BCUT2D eigenvalue weighted by Crippen LogP contribution is 2.30. The monoisotopic (exact) mass is 486 g/mol. The van der Waals surface area contributed by atoms with Crippen LogP contribution in [0, 0.1) is 17.7 Å². The van der Waals surface area contributed by atoms with E-state index in [1.807, 2.05) is 0 Å². The third-order valence-electron chi connectivity index (χ3n) is 6.46. The average Bonchev–Trinajstić information content (AvgIpc) is 3.33. The summed E-state index contributed by atoms with van der Waals surface area (Å²) in [5.74, 6) is -1.71. The van der Waals surface area contributed by atoms with Gasteiger partial charge in [-0.05, 0) is 31.2 Å². The van der Waals surface area contributed by atoms with Crippen molar-refractivity contribution in [1.29, 1.82) is 0 Å². The lowest BCUT2D eigenvalue weighted by Crippen LogP contribution is -2.51. The molecule has 0 amide bonds. The topological polar surface area (TPSA) is 115 Å². The maximum atomic E-state index is 15.0. The van der Waals surface area contributed by atoms with Crippen LogP contribution in [0.2, 0.25) is 0 Å². The lowest BCUT2D eigenvalue weighted by atomic mass is 9.88. The molecule has 1 unspecified atom stereocenters. The zero-order valence-corrected chi connectivity index (χ0v) is 19.1. The van der Waals surface area contributed by atoms with Crippen molar-refractivity contribution in [2.75, 3.05) is 31.2 Å². The zero-order valence-electron chi connectivity index (χ0n) is 18.3. The van der Waals surface area contributed by atoms with Crippen LogP contribution in [-0.4, -0.2) is 57.7 Å². The minimum atomic E-state index is -1.41. The van der Waals surface area contributed by atoms with Gasteiger partial charge in [0.05, 0.1) is 11.3 Å². The maximum Gasteiger partial charge on any atom is 0.341 e. The van der Waals surface area contributed by atoms with Crippen molar-refractivity contribution >= 4 is 39.9 Å². The van der Waals surface area contributed by atoms with Gasteiger partial charge in [-0.2, -0.15) is 0 Å². The molecule has 0 saturated carbocycles. The van der Waals surface area contributed by atoms with E-state index < -0.39 is 22.8 Å². The van der Waals surface area contributed by atoms with Gasteiger partial charge in [0.2, 0.25) is 5.43 Å². The lowest BCUT2D eigenvalue weighted by molar-refractivity contribution is -0.124. The molecule has 34 heavy (non-hydrogen) atoms. The summed E-state index contributed by atoms with van der Waals surface area (Å²) in [6.07, 6.45) is 6.12. The number of halogens is 1. The molecule has 2 aliphatic rings. The van der Waals surface area contributed by atoms with E-state index in [0.29, 0.717) is 37.2 Å². The smallest absolute Gasteiger partial charge is 0.341 e. The van der Waals surface area contributed by atoms with Crippen molar-refractivity contribution in [3.05, 3.63) is 45.4 Å². The molecule has 1 atom stereocenters. The molecule has 2 saturated heterocycles. The number of carboxylic acid groups (broad SMARTS) is 1. The normalized spacial score (nSPS) is 18.7. The second-order valence-electron chi connectivity index (χ2n) is 8.72. The van der Waals surface area contributed by atoms with Gasteiger partial charge in [0.1, 0.15) is 11.3 Å². The Kier molecular flexibility index (Phi) is 6.13. The molecule has 0 aromatic carbocycles. The van der Waals surface area contributed by atoms with Crippen molar-refractivity contribution < 1.29 is 23.8 Å². The van der Waals surface area contributed by atoms with Crippen molar-refractivity contribution in [2.24, 2.45) is 11.8 Å². The van der Waals surface area contributed by atoms with Crippen LogP contribution in [0.5, 0.6) is 0 Å². The number of thiazole rings is 1. The van der Waals surface area contributed by atoms with Crippen molar-refractivity contribution in [3.8, 4) is 5.13 Å². The Labute approximate surface area is 197 Å². The number of Topliss-reactive ketones (excluding diaryl/α,β-unsaturated/α-hetero) is 1. The van der Waals surface area contributed by atoms with Crippen LogP contribution in [-0.2, 0) is 9.53 Å². The summed E-state index contributed by atoms with van der Waals surface area (Å²) in [6.45, 7) is 2.20. The van der Waals surface area contributed by atoms with Crippen LogP contribution in [0.15, 0.2) is 28.6 Å². The van der Waals surface area contributed by atoms with Gasteiger partial charge in [-0.3, -0.25) is 14.2 Å². The predicted octanol–water partition coefficient (Wildman–Crippen LogP) is 2.89. The number of fused-ring (bicyclic) bond motifs is 1. The number of hydrogen-bond donors (Lipinski definition) is 1. The Hall–Kier alpha value is -3.18. The number of nitrogens with zero attached hydrogens (tertiary/aromatic N) is 4. The van der Waals surface area contributed by atoms with Crippen LogP contribution >= 0.6 is 11.3 Å². The fourth-order valence-electron chi connectivity index (χ4n) is 4.51. The molecule has 0 bridgehead atoms. The summed E-state index contributed by atoms with van der Waals surface area (Å²) in [5.41, 5.74) is -1.18. The number of ether oxygens (including phenoxy) is 1. The summed E-state index contributed by atoms with van der Waals surface area (Å²) in [7, 11) is 0. The molecular formula is C23H23FN4O5S. The van der Waals surface area contributed by atoms with E-state index in [-0.39, 0.29) is 28.6 Å². The third-order valence-corrected chi connectivity index (χ3v) is 7.23. The van der Waals surface area contributed by atoms with Gasteiger partial charge in [-0.15, -0.1) is 11.3 Å². The molecule has 0 radical (unpaired) electrons. The SMILES string of the molecule is O=C(O)c1cn(-c2nccs2)c2nc(N3CC(C(=O)CCC4CCCOC4)C3)c(F)cc2c1=O. The molecule has 2 aliphatic heterocycles. The molecule has 3 aromatic heterocycles. The molecule has 5 rings (SSSR count). The Morgan fingerprint density at radius 2 is 2.15 bits per heavy atom. The van der Waals surface area contributed by atoms with Gasteiger partial charge in [-0.1, -0.05) is 0 Å². The molecule has 1 N–H and O–H groups in total. The van der Waals surface area contributed by atoms with E-state index in [9.17, 15) is 23.9 Å². The third kappa shape index (κ3) is 4.21. The molecule has 11 heteroatoms. The first-order valence-electron chi connectivity index (χ1n) is 11.2. The fraction of sp³-hybridized carbons (Fsp3) is 0.435. The van der Waals surface area contributed by atoms with Crippen LogP contribution in [0.3, 0.4) is 0 Å². The highest BCUT2D eigenvalue weighted by atomic mass is 32.1. The standard InChI is InChI=1S/C23H23FN4O5S/c24-17-8-15-19(30)16(22(31)32)11-28(23-25-5-7-34-23)20(15)26-21(17)27-9-14(10-27)18(29)4-3-13-2-1-6-33-12-13/h5,7-8,11,13-14H,1-4,6,9-10,12H2,(H,31,32). The van der Waals surface area contributed by atoms with Crippen molar-refractivity contribution in [1.82, 2.24) is 14.5 Å². The highest BCUT2D eigenvalue weighted by Gasteiger charge is 2.35. The molecule has 0 aliphatic carbocycles. The maximum absolute atomic E-state index is 15.0. The number of carbonyl (C=O) groups is 2. The minimum absolute atomic E-state index is 0.0324. The average molecular weight is 487 g/mol. The second kappa shape index (κ2) is 9.22. The Morgan fingerprint density at radius 3 is 2.82 bits per heavy atom. The first-order chi connectivity index (χ1) is 16.4. The van der Waals surface area contributed by atoms with Crippen molar-refractivity contribution in [2.45, 2.75) is 25.7 Å². The van der Waals surface area contributed by atoms with Gasteiger partial charge >= 0.3 is 5.97 Å². The largest absolute Gasteiger partial charge is 0.477 e. The number of ketones is 1. The van der Waals surface area contributed by atoms with E-state index in [0.717, 1.165) is 38.1 Å². The Bertz CT molecular complexity index is 1300. The number of carbonyl (C=O) groups excluding carboxylic acids is 1. The van der Waals surface area contributed by atoms with Crippen LogP contribution in [0.1, 0.15) is 36.0 Å². The molecule has 9 nitrogen and oxygen atoms in total. The molecule has 178 valence electrons. The number of rotatable bonds is 7. The number of aromatic carboxylic acids is 1. The minimum Gasteiger partial charge on any atom is -0.477 e. The van der Waals surface area contributed by atoms with Gasteiger partial charge in [-0.25, -0.2) is 19.2 Å². The summed E-state index contributed by atoms with van der Waals surface area (Å²) in [6, 6.07) is 1.02. The summed E-state index contributed by atoms with van der Waals surface area (Å²) in [5, 5.41) is 11.4. The molecule has 0 spiro atoms. The van der Waals surface area contributed by atoms with E-state index in [1.54, 1.807) is 16.5 Å². The summed E-state index contributed by atoms with van der Waals surface area (Å²) >= 11 is 1.23. The van der Waals surface area contributed by atoms with Crippen LogP contribution in [0.4, 0.5) is 10.2 Å². The summed E-state index contributed by atoms with van der Waals surface area (Å²) < 4.78 is 21.9. The second-order valence-corrected chi connectivity index (χ2v) is 9.59. The molecule has 2 fully saturated rings. The zero-order chi connectivity index (χ0) is 23.8. The highest BCUT2D eigenvalue weighted by molar-refractivity contribution is 7.12. The van der Waals surface area contributed by atoms with Gasteiger partial charge in [0.15, 0.2) is 22.4 Å². The van der Waals surface area contributed by atoms with E-state index >= 15 is 0 Å². The number of pyridine rings is 2. The number of hydrogen-bond acceptors (Lipinski definition) is 8. The van der Waals surface area contributed by atoms with Gasteiger partial charge < -0.3 is 14.7 Å². The predicted molar refractivity (Wildman–Crippen MR) is 123 cm³/mol. The van der Waals surface area contributed by atoms with Crippen LogP contribution < -0.4 is 10.3 Å². The first kappa shape index (κ1) is 22.6. The Morgan fingerprint density at radius 1 is 1.32 bits per heavy atom.